The van der Waals surface area contributed by atoms with Crippen molar-refractivity contribution in [1.29, 1.82) is 0 Å². The van der Waals surface area contributed by atoms with Crippen molar-refractivity contribution in [3.05, 3.63) is 66.0 Å². The van der Waals surface area contributed by atoms with Gasteiger partial charge in [0.05, 0.1) is 0 Å². The van der Waals surface area contributed by atoms with Crippen LogP contribution >= 0.6 is 0 Å². The van der Waals surface area contributed by atoms with Crippen LogP contribution < -0.4 is 0 Å². The topological polar surface area (TPSA) is 12.9 Å². The van der Waals surface area contributed by atoms with E-state index in [4.69, 9.17) is 0 Å². The van der Waals surface area contributed by atoms with Crippen molar-refractivity contribution in [2.45, 2.75) is 538 Å². The maximum Gasteiger partial charge on any atom is 0.0270 e. The van der Waals surface area contributed by atoms with Crippen molar-refractivity contribution >= 4 is 0 Å². The zero-order chi connectivity index (χ0) is 87.6. The van der Waals surface area contributed by atoms with E-state index < -0.39 is 0 Å². The summed E-state index contributed by atoms with van der Waals surface area (Å²) in [6, 6.07) is 14.8. The van der Waals surface area contributed by atoms with Gasteiger partial charge >= 0.3 is 0 Å². The van der Waals surface area contributed by atoms with Gasteiger partial charge in [-0.2, -0.15) is 0 Å². The lowest BCUT2D eigenvalue weighted by Crippen LogP contribution is -2.12. The van der Waals surface area contributed by atoms with Gasteiger partial charge in [-0.15, -0.1) is 0 Å². The third-order valence-corrected chi connectivity index (χ3v) is 22.0. The molecule has 5 aliphatic rings. The fraction of sp³-hybridized carbons (Fsp3) is 0.902. The largest absolute Gasteiger partial charge is 0.265 e. The molecule has 5 saturated carbocycles. The van der Waals surface area contributed by atoms with E-state index >= 15 is 0 Å². The van der Waals surface area contributed by atoms with Gasteiger partial charge in [0.2, 0.25) is 0 Å². The Morgan fingerprint density at radius 2 is 0.496 bits per heavy atom. The Bertz CT molecular complexity index is 1830. The van der Waals surface area contributed by atoms with Crippen molar-refractivity contribution in [1.82, 2.24) is 4.98 Å². The zero-order valence-electron chi connectivity index (χ0n) is 86.0. The standard InChI is InChI=1S/C11H16.C10H15N.2C9H18.C9H20.2C8H16.C8H18.C7H14.4C7H16.C5H12/c1-10(2)8-9-11-6-4-3-5-7-11;1-9(2)3-4-10-5-7-11-8-6-10;1-8(2)6-7-9-4-3-5-9;1-8(2)7-9-5-3-4-6-9;1-4-5-6-7-8-9(2)3;2*1-7(2)6-8-4-3-5-8;1-4-5-6-7-8(2)3;1-6(2)5-7-3-4-7;1-6(2)5-7(3)4;3*1-4-5-6-7(2)3;1-4-5(2)3/h3-7,10H,8-9H2,1-2H3;5-9H,3-4H2,1-2H3;2*8-9H,3-7H2,1-2H3;9H,4-8H2,1-3H3;2*7-8H,3-6H2,1-2H3;8H,4-7H2,1-3H3;6-7H,3-5H2,1-2H3;6-7H,5H2,1-4H3;3*7H,4-6H2,1-3H3;5H,4H2,1-3H3. The Labute approximate surface area is 723 Å². The van der Waals surface area contributed by atoms with Crippen LogP contribution in [-0.2, 0) is 12.8 Å². The first-order valence-corrected chi connectivity index (χ1v) is 51.2. The predicted molar refractivity (Wildman–Crippen MR) is 531 cm³/mol. The van der Waals surface area contributed by atoms with Crippen LogP contribution in [0.3, 0.4) is 0 Å². The highest BCUT2D eigenvalue weighted by Gasteiger charge is 2.22. The monoisotopic (exact) mass is 1590 g/mol. The van der Waals surface area contributed by atoms with Gasteiger partial charge in [-0.25, -0.2) is 0 Å². The molecule has 113 heavy (non-hydrogen) atoms. The molecule has 5 aliphatic carbocycles. The summed E-state index contributed by atoms with van der Waals surface area (Å²) in [6.45, 7) is 81.9. The Morgan fingerprint density at radius 3 is 0.717 bits per heavy atom. The lowest BCUT2D eigenvalue weighted by Gasteiger charge is -2.26. The molecule has 0 unspecified atom stereocenters. The second-order valence-electron chi connectivity index (χ2n) is 42.7. The average Bonchev–Trinajstić information content (AvgIpc) is 1.73. The summed E-state index contributed by atoms with van der Waals surface area (Å²) in [7, 11) is 0. The summed E-state index contributed by atoms with van der Waals surface area (Å²) in [5.41, 5.74) is 2.86. The van der Waals surface area contributed by atoms with Crippen LogP contribution in [-0.4, -0.2) is 4.98 Å². The van der Waals surface area contributed by atoms with Gasteiger partial charge < -0.3 is 0 Å². The van der Waals surface area contributed by atoms with Crippen LogP contribution in [0.4, 0.5) is 0 Å². The third kappa shape index (κ3) is 124. The number of aromatic nitrogens is 1. The summed E-state index contributed by atoms with van der Waals surface area (Å²) < 4.78 is 0. The van der Waals surface area contributed by atoms with E-state index in [1.807, 2.05) is 12.4 Å². The average molecular weight is 1590 g/mol. The molecule has 5 fully saturated rings. The van der Waals surface area contributed by atoms with E-state index in [0.717, 1.165) is 118 Å². The molecule has 0 N–H and O–H groups in total. The lowest BCUT2D eigenvalue weighted by atomic mass is 9.80. The van der Waals surface area contributed by atoms with Gasteiger partial charge in [-0.05, 0) is 199 Å². The molecule has 2 aromatic rings. The highest BCUT2D eigenvalue weighted by Crippen LogP contribution is 2.36. The molecule has 0 radical (unpaired) electrons. The van der Waals surface area contributed by atoms with E-state index in [-0.39, 0.29) is 0 Å². The summed E-state index contributed by atoms with van der Waals surface area (Å²) in [6.07, 6.45) is 67.9. The summed E-state index contributed by atoms with van der Waals surface area (Å²) in [5.74, 6) is 18.9. The quantitative estimate of drug-likeness (QED) is 0.0611. The molecule has 7 rings (SSSR count). The van der Waals surface area contributed by atoms with Crippen LogP contribution in [0, 0.1) is 118 Å². The molecule has 0 saturated heterocycles. The van der Waals surface area contributed by atoms with Gasteiger partial charge in [-0.1, -0.05) is 511 Å². The smallest absolute Gasteiger partial charge is 0.0270 e. The Hall–Kier alpha value is -1.63. The first-order chi connectivity index (χ1) is 53.3. The van der Waals surface area contributed by atoms with Crippen LogP contribution in [0.25, 0.3) is 0 Å². The van der Waals surface area contributed by atoms with Crippen molar-refractivity contribution in [2.75, 3.05) is 0 Å². The molecule has 1 aromatic heterocycles. The first kappa shape index (κ1) is 125. The van der Waals surface area contributed by atoms with Crippen molar-refractivity contribution in [2.24, 2.45) is 118 Å². The minimum absolute atomic E-state index is 0.795. The SMILES string of the molecule is CC(C)CC(C)C.CC(C)CC1CC1.CC(C)CC1CCC1.CC(C)CC1CCC1.CC(C)CC1CCCC1.CC(C)CCC1CCC1.CC(C)CCc1ccccc1.CC(C)CCc1ccncc1.CCC(C)C.CCCCC(C)C.CCCCC(C)C.CCCCC(C)C.CCCCCC(C)C.CCCCCCC(C)C. The van der Waals surface area contributed by atoms with E-state index in [9.17, 15) is 0 Å². The second kappa shape index (κ2) is 92.7. The maximum atomic E-state index is 3.97. The first-order valence-electron chi connectivity index (χ1n) is 51.2. The number of aryl methyl sites for hydroxylation is 2. The third-order valence-electron chi connectivity index (χ3n) is 22.0. The molecule has 1 heterocycles. The lowest BCUT2D eigenvalue weighted by molar-refractivity contribution is 0.264. The van der Waals surface area contributed by atoms with Crippen LogP contribution in [0.15, 0.2) is 54.9 Å². The molecule has 1 heteroatoms. The van der Waals surface area contributed by atoms with E-state index in [0.29, 0.717) is 0 Å². The van der Waals surface area contributed by atoms with E-state index in [2.05, 4.69) is 297 Å². The number of hydrogen-bond donors (Lipinski definition) is 0. The number of unbranched alkanes of at least 4 members (excludes halogenated alkanes) is 8. The van der Waals surface area contributed by atoms with Crippen LogP contribution in [0.2, 0.25) is 0 Å². The highest BCUT2D eigenvalue weighted by atomic mass is 14.6. The number of benzene rings is 1. The molecule has 0 atom stereocenters. The fourth-order valence-corrected chi connectivity index (χ4v) is 13.7. The summed E-state index contributed by atoms with van der Waals surface area (Å²) in [5, 5.41) is 0. The summed E-state index contributed by atoms with van der Waals surface area (Å²) >= 11 is 0. The molecule has 0 aliphatic heterocycles. The van der Waals surface area contributed by atoms with Crippen molar-refractivity contribution < 1.29 is 0 Å². The molecule has 1 nitrogen and oxygen atoms in total. The van der Waals surface area contributed by atoms with Crippen molar-refractivity contribution in [3.63, 3.8) is 0 Å². The van der Waals surface area contributed by atoms with Gasteiger partial charge in [0.1, 0.15) is 0 Å². The Morgan fingerprint density at radius 1 is 0.239 bits per heavy atom. The Balaban J connectivity index is -0.000000215. The molecular weight excluding hydrogens is 1360 g/mol. The maximum absolute atomic E-state index is 3.97. The van der Waals surface area contributed by atoms with Gasteiger partial charge in [0.25, 0.3) is 0 Å². The molecular formula is C112H227N. The van der Waals surface area contributed by atoms with Crippen molar-refractivity contribution in [3.8, 4) is 0 Å². The molecule has 0 bridgehead atoms. The number of hydrogen-bond acceptors (Lipinski definition) is 1. The minimum atomic E-state index is 0.795. The van der Waals surface area contributed by atoms with Gasteiger partial charge in [0.15, 0.2) is 0 Å². The number of rotatable bonds is 38. The normalized spacial score (nSPS) is 14.3. The molecule has 1 aromatic carbocycles. The molecule has 680 valence electrons. The molecule has 0 amide bonds. The summed E-state index contributed by atoms with van der Waals surface area (Å²) in [4.78, 5) is 3.97. The van der Waals surface area contributed by atoms with Crippen LogP contribution in [0.5, 0.6) is 0 Å². The predicted octanol–water partition coefficient (Wildman–Crippen LogP) is 40.6. The minimum Gasteiger partial charge on any atom is -0.265 e. The Kier molecular flexibility index (Phi) is 102. The fourth-order valence-electron chi connectivity index (χ4n) is 13.7. The van der Waals surface area contributed by atoms with E-state index in [1.165, 1.54) is 300 Å². The van der Waals surface area contributed by atoms with E-state index in [1.54, 1.807) is 0 Å². The highest BCUT2D eigenvalue weighted by molar-refractivity contribution is 5.14. The molecule has 0 spiro atoms. The second-order valence-corrected chi connectivity index (χ2v) is 42.7. The van der Waals surface area contributed by atoms with Gasteiger partial charge in [-0.3, -0.25) is 4.98 Å². The van der Waals surface area contributed by atoms with Gasteiger partial charge in [0, 0.05) is 12.4 Å². The zero-order valence-corrected chi connectivity index (χ0v) is 86.0. The number of nitrogens with zero attached hydrogens (tertiary/aromatic N) is 1. The number of pyridine rings is 1. The van der Waals surface area contributed by atoms with Crippen LogP contribution in [0.1, 0.15) is 536 Å².